The lowest BCUT2D eigenvalue weighted by atomic mass is 10.1. The summed E-state index contributed by atoms with van der Waals surface area (Å²) in [6.07, 6.45) is 1.27. The number of hydrogen-bond donors (Lipinski definition) is 2. The number of carbonyl (C=O) groups is 1. The molecule has 1 aromatic heterocycles. The summed E-state index contributed by atoms with van der Waals surface area (Å²) in [7, 11) is 0. The van der Waals surface area contributed by atoms with Crippen LogP contribution in [0.25, 0.3) is 10.9 Å². The van der Waals surface area contributed by atoms with Gasteiger partial charge in [-0.05, 0) is 39.0 Å². The molecule has 0 saturated carbocycles. The molecule has 0 radical (unpaired) electrons. The standard InChI is InChI=1S/C23H34N4O3/c1-23(2,3)30-17-18(28)16-27-14-12-26(13-15-27)11-10-25-22(29)20-6-4-8-21-19(20)7-5-9-24-21/h4-9,18,28H,10-17H2,1-3H3,(H,25,29)/t18-/m1/s1. The lowest BCUT2D eigenvalue weighted by Crippen LogP contribution is -2.50. The predicted octanol–water partition coefficient (Wildman–Crippen LogP) is 1.76. The average molecular weight is 415 g/mol. The number of aliphatic hydroxyl groups excluding tert-OH is 1. The van der Waals surface area contributed by atoms with Crippen molar-refractivity contribution in [3.05, 3.63) is 42.1 Å². The highest BCUT2D eigenvalue weighted by Gasteiger charge is 2.21. The van der Waals surface area contributed by atoms with Gasteiger partial charge in [-0.1, -0.05) is 12.1 Å². The number of pyridine rings is 1. The maximum absolute atomic E-state index is 12.6. The number of hydrogen-bond acceptors (Lipinski definition) is 6. The van der Waals surface area contributed by atoms with E-state index in [0.717, 1.165) is 43.6 Å². The number of nitrogens with one attached hydrogen (secondary N) is 1. The highest BCUT2D eigenvalue weighted by atomic mass is 16.5. The summed E-state index contributed by atoms with van der Waals surface area (Å²) >= 11 is 0. The van der Waals surface area contributed by atoms with E-state index in [1.165, 1.54) is 0 Å². The molecule has 1 amide bonds. The van der Waals surface area contributed by atoms with Gasteiger partial charge in [-0.15, -0.1) is 0 Å². The fourth-order valence-corrected chi connectivity index (χ4v) is 3.62. The summed E-state index contributed by atoms with van der Waals surface area (Å²) in [6, 6.07) is 9.40. The van der Waals surface area contributed by atoms with Gasteiger partial charge in [0.15, 0.2) is 0 Å². The van der Waals surface area contributed by atoms with Crippen LogP contribution < -0.4 is 5.32 Å². The number of β-amino-alcohol motifs (C(OH)–C–C–N with tert-alkyl or cyclic N) is 1. The van der Waals surface area contributed by atoms with Crippen LogP contribution in [0.4, 0.5) is 0 Å². The van der Waals surface area contributed by atoms with E-state index in [9.17, 15) is 9.90 Å². The van der Waals surface area contributed by atoms with E-state index in [4.69, 9.17) is 4.74 Å². The molecule has 1 aromatic carbocycles. The molecular formula is C23H34N4O3. The molecule has 1 aliphatic heterocycles. The van der Waals surface area contributed by atoms with Crippen molar-refractivity contribution in [2.24, 2.45) is 0 Å². The molecule has 0 spiro atoms. The largest absolute Gasteiger partial charge is 0.389 e. The number of amides is 1. The molecule has 2 aromatic rings. The van der Waals surface area contributed by atoms with Gasteiger partial charge in [-0.25, -0.2) is 0 Å². The summed E-state index contributed by atoms with van der Waals surface area (Å²) in [5, 5.41) is 14.1. The van der Waals surface area contributed by atoms with Crippen molar-refractivity contribution in [1.82, 2.24) is 20.1 Å². The number of ether oxygens (including phenoxy) is 1. The van der Waals surface area contributed by atoms with E-state index in [0.29, 0.717) is 25.3 Å². The lowest BCUT2D eigenvalue weighted by molar-refractivity contribution is -0.0585. The topological polar surface area (TPSA) is 77.9 Å². The van der Waals surface area contributed by atoms with E-state index < -0.39 is 6.10 Å². The SMILES string of the molecule is CC(C)(C)OC[C@H](O)CN1CCN(CCNC(=O)c2cccc3ncccc23)CC1. The van der Waals surface area contributed by atoms with Gasteiger partial charge in [0, 0.05) is 63.0 Å². The normalized spacial score (nSPS) is 17.2. The van der Waals surface area contributed by atoms with Crippen molar-refractivity contribution >= 4 is 16.8 Å². The maximum Gasteiger partial charge on any atom is 0.252 e. The van der Waals surface area contributed by atoms with Crippen LogP contribution in [0.3, 0.4) is 0 Å². The van der Waals surface area contributed by atoms with Crippen molar-refractivity contribution in [2.45, 2.75) is 32.5 Å². The zero-order valence-electron chi connectivity index (χ0n) is 18.3. The average Bonchev–Trinajstić information content (AvgIpc) is 2.72. The van der Waals surface area contributed by atoms with E-state index in [-0.39, 0.29) is 11.5 Å². The number of piperazine rings is 1. The van der Waals surface area contributed by atoms with E-state index in [2.05, 4.69) is 20.1 Å². The van der Waals surface area contributed by atoms with Crippen molar-refractivity contribution in [3.8, 4) is 0 Å². The highest BCUT2D eigenvalue weighted by molar-refractivity contribution is 6.06. The molecule has 7 nitrogen and oxygen atoms in total. The number of rotatable bonds is 8. The number of fused-ring (bicyclic) bond motifs is 1. The Hall–Kier alpha value is -2.06. The minimum Gasteiger partial charge on any atom is -0.389 e. The van der Waals surface area contributed by atoms with Crippen LogP contribution in [-0.4, -0.2) is 89.9 Å². The van der Waals surface area contributed by atoms with E-state index in [1.54, 1.807) is 6.20 Å². The highest BCUT2D eigenvalue weighted by Crippen LogP contribution is 2.16. The van der Waals surface area contributed by atoms with Crippen LogP contribution in [0, 0.1) is 0 Å². The first kappa shape index (κ1) is 22.6. The molecule has 2 heterocycles. The molecular weight excluding hydrogens is 380 g/mol. The Morgan fingerprint density at radius 3 is 2.63 bits per heavy atom. The number of nitrogens with zero attached hydrogens (tertiary/aromatic N) is 3. The number of carbonyl (C=O) groups excluding carboxylic acids is 1. The predicted molar refractivity (Wildman–Crippen MR) is 119 cm³/mol. The fraction of sp³-hybridized carbons (Fsp3) is 0.565. The zero-order chi connectivity index (χ0) is 21.6. The number of aromatic nitrogens is 1. The van der Waals surface area contributed by atoms with Gasteiger partial charge in [-0.3, -0.25) is 19.6 Å². The molecule has 0 bridgehead atoms. The zero-order valence-corrected chi connectivity index (χ0v) is 18.3. The van der Waals surface area contributed by atoms with Gasteiger partial charge in [0.05, 0.1) is 23.8 Å². The molecule has 164 valence electrons. The van der Waals surface area contributed by atoms with Crippen LogP contribution >= 0.6 is 0 Å². The molecule has 0 aliphatic carbocycles. The van der Waals surface area contributed by atoms with Gasteiger partial charge in [0.1, 0.15) is 0 Å². The summed E-state index contributed by atoms with van der Waals surface area (Å²) < 4.78 is 5.66. The Labute approximate surface area is 179 Å². The van der Waals surface area contributed by atoms with Gasteiger partial charge in [0.2, 0.25) is 0 Å². The molecule has 1 saturated heterocycles. The van der Waals surface area contributed by atoms with Gasteiger partial charge >= 0.3 is 0 Å². The Morgan fingerprint density at radius 2 is 1.90 bits per heavy atom. The molecule has 2 N–H and O–H groups in total. The first-order chi connectivity index (χ1) is 14.3. The van der Waals surface area contributed by atoms with E-state index in [1.807, 2.05) is 51.1 Å². The van der Waals surface area contributed by atoms with Crippen LogP contribution in [0.1, 0.15) is 31.1 Å². The minimum atomic E-state index is -0.467. The van der Waals surface area contributed by atoms with Gasteiger partial charge in [0.25, 0.3) is 5.91 Å². The van der Waals surface area contributed by atoms with Crippen molar-refractivity contribution < 1.29 is 14.6 Å². The molecule has 0 unspecified atom stereocenters. The second-order valence-corrected chi connectivity index (χ2v) is 8.85. The minimum absolute atomic E-state index is 0.0609. The monoisotopic (exact) mass is 414 g/mol. The smallest absolute Gasteiger partial charge is 0.252 e. The third-order valence-corrected chi connectivity index (χ3v) is 5.25. The Kier molecular flexibility index (Phi) is 7.77. The van der Waals surface area contributed by atoms with Crippen LogP contribution in [0.2, 0.25) is 0 Å². The molecule has 3 rings (SSSR count). The van der Waals surface area contributed by atoms with Crippen molar-refractivity contribution in [3.63, 3.8) is 0 Å². The summed E-state index contributed by atoms with van der Waals surface area (Å²) in [6.45, 7) is 12.1. The number of benzene rings is 1. The molecule has 1 fully saturated rings. The Morgan fingerprint density at radius 1 is 1.17 bits per heavy atom. The van der Waals surface area contributed by atoms with Crippen LogP contribution in [0.5, 0.6) is 0 Å². The third kappa shape index (κ3) is 6.74. The maximum atomic E-state index is 12.6. The molecule has 1 aliphatic rings. The second kappa shape index (κ2) is 10.3. The first-order valence-electron chi connectivity index (χ1n) is 10.7. The van der Waals surface area contributed by atoms with Crippen molar-refractivity contribution in [1.29, 1.82) is 0 Å². The van der Waals surface area contributed by atoms with Gasteiger partial charge < -0.3 is 15.2 Å². The van der Waals surface area contributed by atoms with Crippen molar-refractivity contribution in [2.75, 3.05) is 52.4 Å². The quantitative estimate of drug-likeness (QED) is 0.685. The summed E-state index contributed by atoms with van der Waals surface area (Å²) in [5.41, 5.74) is 1.26. The number of aliphatic hydroxyl groups is 1. The fourth-order valence-electron chi connectivity index (χ4n) is 3.62. The summed E-state index contributed by atoms with van der Waals surface area (Å²) in [4.78, 5) is 21.5. The second-order valence-electron chi connectivity index (χ2n) is 8.85. The van der Waals surface area contributed by atoms with Gasteiger partial charge in [-0.2, -0.15) is 0 Å². The summed E-state index contributed by atoms with van der Waals surface area (Å²) in [5.74, 6) is -0.0609. The van der Waals surface area contributed by atoms with E-state index >= 15 is 0 Å². The third-order valence-electron chi connectivity index (χ3n) is 5.25. The molecule has 1 atom stereocenters. The Balaban J connectivity index is 1.37. The Bertz CT molecular complexity index is 823. The first-order valence-corrected chi connectivity index (χ1v) is 10.7. The molecule has 7 heteroatoms. The lowest BCUT2D eigenvalue weighted by Gasteiger charge is -2.35. The molecule has 30 heavy (non-hydrogen) atoms. The van der Waals surface area contributed by atoms with Crippen LogP contribution in [0.15, 0.2) is 36.5 Å². The van der Waals surface area contributed by atoms with Crippen LogP contribution in [-0.2, 0) is 4.74 Å².